The van der Waals surface area contributed by atoms with Crippen LogP contribution in [0.1, 0.15) is 28.5 Å². The third-order valence-electron chi connectivity index (χ3n) is 5.35. The van der Waals surface area contributed by atoms with E-state index in [1.807, 2.05) is 102 Å². The summed E-state index contributed by atoms with van der Waals surface area (Å²) >= 11 is 1.56. The first-order valence-corrected chi connectivity index (χ1v) is 11.5. The molecular weight excluding hydrogens is 430 g/mol. The number of carbonyl (C=O) groups is 1. The number of aromatic nitrogens is 2. The first-order chi connectivity index (χ1) is 16.3. The van der Waals surface area contributed by atoms with Crippen molar-refractivity contribution in [3.05, 3.63) is 125 Å². The monoisotopic (exact) mass is 451 g/mol. The van der Waals surface area contributed by atoms with E-state index in [0.717, 1.165) is 27.3 Å². The first-order valence-electron chi connectivity index (χ1n) is 10.6. The van der Waals surface area contributed by atoms with Crippen molar-refractivity contribution in [1.29, 1.82) is 0 Å². The minimum atomic E-state index is -0.422. The van der Waals surface area contributed by atoms with E-state index in [-0.39, 0.29) is 5.91 Å². The van der Waals surface area contributed by atoms with Crippen LogP contribution in [0.5, 0.6) is 0 Å². The molecule has 0 fully saturated rings. The third-order valence-corrected chi connectivity index (χ3v) is 6.22. The second kappa shape index (κ2) is 9.63. The van der Waals surface area contributed by atoms with Crippen LogP contribution in [-0.2, 0) is 11.2 Å². The summed E-state index contributed by atoms with van der Waals surface area (Å²) in [4.78, 5) is 19.0. The normalized spacial score (nSPS) is 10.9. The van der Waals surface area contributed by atoms with Gasteiger partial charge in [0.15, 0.2) is 0 Å². The maximum atomic E-state index is 13.5. The van der Waals surface area contributed by atoms with Crippen molar-refractivity contribution < 1.29 is 9.32 Å². The lowest BCUT2D eigenvalue weighted by Gasteiger charge is -2.19. The van der Waals surface area contributed by atoms with Gasteiger partial charge in [-0.25, -0.2) is 0 Å². The summed E-state index contributed by atoms with van der Waals surface area (Å²) in [5, 5.41) is 9.20. The fourth-order valence-electron chi connectivity index (χ4n) is 3.78. The van der Waals surface area contributed by atoms with Crippen molar-refractivity contribution in [2.24, 2.45) is 0 Å². The molecule has 5 aromatic rings. The van der Waals surface area contributed by atoms with Crippen LogP contribution in [0.15, 0.2) is 107 Å². The second-order valence-electron chi connectivity index (χ2n) is 7.57. The maximum absolute atomic E-state index is 13.5. The number of thiophene rings is 1. The number of hydrogen-bond acceptors (Lipinski definition) is 5. The van der Waals surface area contributed by atoms with E-state index in [1.165, 1.54) is 0 Å². The molecule has 0 aliphatic rings. The maximum Gasteiger partial charge on any atom is 0.236 e. The molecule has 1 N–H and O–H groups in total. The van der Waals surface area contributed by atoms with Gasteiger partial charge in [-0.3, -0.25) is 4.79 Å². The number of hydrogen-bond donors (Lipinski definition) is 1. The van der Waals surface area contributed by atoms with Crippen LogP contribution in [0.25, 0.3) is 10.7 Å². The second-order valence-corrected chi connectivity index (χ2v) is 8.51. The van der Waals surface area contributed by atoms with Crippen LogP contribution >= 0.6 is 11.3 Å². The van der Waals surface area contributed by atoms with Gasteiger partial charge >= 0.3 is 0 Å². The summed E-state index contributed by atoms with van der Waals surface area (Å²) in [5.41, 5.74) is 3.52. The molecule has 0 saturated heterocycles. The molecule has 0 spiro atoms. The molecule has 0 unspecified atom stereocenters. The standard InChI is InChI=1S/C27H21N3O2S/c31-27(25(19-10-3-1-4-11-19)20-12-5-2-6-13-20)28-22-15-8-7-14-21(22)18-24-29-26(30-32-24)23-16-9-17-33-23/h1-17,25H,18H2,(H,28,31). The van der Waals surface area contributed by atoms with E-state index >= 15 is 0 Å². The fourth-order valence-corrected chi connectivity index (χ4v) is 4.43. The van der Waals surface area contributed by atoms with Gasteiger partial charge in [-0.1, -0.05) is 90.1 Å². The van der Waals surface area contributed by atoms with Crippen LogP contribution in [0.3, 0.4) is 0 Å². The van der Waals surface area contributed by atoms with Gasteiger partial charge in [0.05, 0.1) is 17.2 Å². The quantitative estimate of drug-likeness (QED) is 0.322. The molecule has 2 heterocycles. The Morgan fingerprint density at radius 3 is 2.18 bits per heavy atom. The van der Waals surface area contributed by atoms with Crippen molar-refractivity contribution in [1.82, 2.24) is 10.1 Å². The van der Waals surface area contributed by atoms with Crippen molar-refractivity contribution in [2.45, 2.75) is 12.3 Å². The third kappa shape index (κ3) is 4.76. The lowest BCUT2D eigenvalue weighted by Crippen LogP contribution is -2.23. The molecule has 162 valence electrons. The Morgan fingerprint density at radius 1 is 0.848 bits per heavy atom. The van der Waals surface area contributed by atoms with E-state index in [2.05, 4.69) is 15.5 Å². The molecule has 2 aromatic heterocycles. The number of amides is 1. The summed E-state index contributed by atoms with van der Waals surface area (Å²) in [6.45, 7) is 0. The lowest BCUT2D eigenvalue weighted by molar-refractivity contribution is -0.116. The van der Waals surface area contributed by atoms with Crippen molar-refractivity contribution in [3.63, 3.8) is 0 Å². The van der Waals surface area contributed by atoms with Gasteiger partial charge in [-0.15, -0.1) is 11.3 Å². The van der Waals surface area contributed by atoms with Crippen LogP contribution < -0.4 is 5.32 Å². The number of para-hydroxylation sites is 1. The number of nitrogens with one attached hydrogen (secondary N) is 1. The summed E-state index contributed by atoms with van der Waals surface area (Å²) in [7, 11) is 0. The van der Waals surface area contributed by atoms with Crippen LogP contribution in [0.2, 0.25) is 0 Å². The van der Waals surface area contributed by atoms with Gasteiger partial charge < -0.3 is 9.84 Å². The number of anilines is 1. The average Bonchev–Trinajstić information content (AvgIpc) is 3.54. The molecule has 33 heavy (non-hydrogen) atoms. The minimum absolute atomic E-state index is 0.0929. The number of carbonyl (C=O) groups excluding carboxylic acids is 1. The molecule has 6 heteroatoms. The molecule has 0 atom stereocenters. The Morgan fingerprint density at radius 2 is 1.52 bits per heavy atom. The molecule has 0 radical (unpaired) electrons. The first kappa shape index (κ1) is 20.8. The number of benzene rings is 3. The molecule has 0 bridgehead atoms. The SMILES string of the molecule is O=C(Nc1ccccc1Cc1nc(-c2cccs2)no1)C(c1ccccc1)c1ccccc1. The van der Waals surface area contributed by atoms with Gasteiger partial charge in [-0.05, 0) is 34.2 Å². The van der Waals surface area contributed by atoms with Crippen molar-refractivity contribution in [3.8, 4) is 10.7 Å². The Balaban J connectivity index is 1.40. The Kier molecular flexibility index (Phi) is 6.08. The average molecular weight is 452 g/mol. The van der Waals surface area contributed by atoms with Gasteiger partial charge in [0.25, 0.3) is 0 Å². The highest BCUT2D eigenvalue weighted by atomic mass is 32.1. The summed E-state index contributed by atoms with van der Waals surface area (Å²) < 4.78 is 5.47. The molecule has 5 rings (SSSR count). The summed E-state index contributed by atoms with van der Waals surface area (Å²) in [5.74, 6) is 0.566. The smallest absolute Gasteiger partial charge is 0.236 e. The Labute approximate surface area is 195 Å². The van der Waals surface area contributed by atoms with Gasteiger partial charge in [-0.2, -0.15) is 4.98 Å². The summed E-state index contributed by atoms with van der Waals surface area (Å²) in [6.07, 6.45) is 0.427. The minimum Gasteiger partial charge on any atom is -0.339 e. The molecule has 0 saturated carbocycles. The predicted octanol–water partition coefficient (Wildman–Crippen LogP) is 6.16. The van der Waals surface area contributed by atoms with E-state index in [9.17, 15) is 4.79 Å². The Hall–Kier alpha value is -4.03. The molecule has 1 amide bonds. The van der Waals surface area contributed by atoms with Crippen molar-refractivity contribution >= 4 is 22.9 Å². The van der Waals surface area contributed by atoms with E-state index in [1.54, 1.807) is 11.3 Å². The predicted molar refractivity (Wildman–Crippen MR) is 130 cm³/mol. The lowest BCUT2D eigenvalue weighted by atomic mass is 9.90. The molecule has 0 aliphatic carbocycles. The van der Waals surface area contributed by atoms with Crippen LogP contribution in [-0.4, -0.2) is 16.0 Å². The highest BCUT2D eigenvalue weighted by Gasteiger charge is 2.23. The number of rotatable bonds is 7. The largest absolute Gasteiger partial charge is 0.339 e. The number of nitrogens with zero attached hydrogens (tertiary/aromatic N) is 2. The molecule has 5 nitrogen and oxygen atoms in total. The van der Waals surface area contributed by atoms with E-state index < -0.39 is 5.92 Å². The molecule has 3 aromatic carbocycles. The fraction of sp³-hybridized carbons (Fsp3) is 0.0741. The van der Waals surface area contributed by atoms with Gasteiger partial charge in [0.2, 0.25) is 17.6 Å². The van der Waals surface area contributed by atoms with Crippen LogP contribution in [0, 0.1) is 0 Å². The van der Waals surface area contributed by atoms with Gasteiger partial charge in [0.1, 0.15) is 0 Å². The van der Waals surface area contributed by atoms with E-state index in [0.29, 0.717) is 18.1 Å². The van der Waals surface area contributed by atoms with Crippen molar-refractivity contribution in [2.75, 3.05) is 5.32 Å². The topological polar surface area (TPSA) is 68.0 Å². The highest BCUT2D eigenvalue weighted by Crippen LogP contribution is 2.28. The highest BCUT2D eigenvalue weighted by molar-refractivity contribution is 7.13. The zero-order chi connectivity index (χ0) is 22.5. The summed E-state index contributed by atoms with van der Waals surface area (Å²) in [6, 6.07) is 31.3. The van der Waals surface area contributed by atoms with E-state index in [4.69, 9.17) is 4.52 Å². The molecule has 0 aliphatic heterocycles. The zero-order valence-electron chi connectivity index (χ0n) is 17.7. The Bertz CT molecular complexity index is 1290. The van der Waals surface area contributed by atoms with Crippen LogP contribution in [0.4, 0.5) is 5.69 Å². The zero-order valence-corrected chi connectivity index (χ0v) is 18.5. The molecular formula is C27H21N3O2S. The van der Waals surface area contributed by atoms with Gasteiger partial charge in [0, 0.05) is 5.69 Å².